The number of nitrogen functional groups attached to an aromatic ring is 1. The molecule has 2 N–H and O–H groups in total. The largest absolute Gasteiger partial charge is 0.384 e. The third-order valence-corrected chi connectivity index (χ3v) is 3.84. The second-order valence-corrected chi connectivity index (χ2v) is 5.23. The molecule has 0 saturated heterocycles. The van der Waals surface area contributed by atoms with Crippen molar-refractivity contribution in [3.8, 4) is 21.7 Å². The predicted octanol–water partition coefficient (Wildman–Crippen LogP) is 3.76. The average molecular weight is 267 g/mol. The highest BCUT2D eigenvalue weighted by molar-refractivity contribution is 7.13. The standard InChI is InChI=1S/C15H13N3S/c1-10-2-3-11(15-17-6-7-19-15)8-13(10)12-4-5-14(16)18-9-12/h2-9H,1H3,(H2,16,18). The van der Waals surface area contributed by atoms with E-state index in [1.165, 1.54) is 11.1 Å². The van der Waals surface area contributed by atoms with E-state index in [4.69, 9.17) is 5.73 Å². The number of pyridine rings is 1. The van der Waals surface area contributed by atoms with Gasteiger partial charge in [-0.25, -0.2) is 9.97 Å². The number of hydrogen-bond acceptors (Lipinski definition) is 4. The number of nitrogens with zero attached hydrogens (tertiary/aromatic N) is 2. The molecule has 1 aromatic carbocycles. The molecule has 4 heteroatoms. The Morgan fingerprint density at radius 3 is 2.58 bits per heavy atom. The molecule has 0 fully saturated rings. The fourth-order valence-corrected chi connectivity index (χ4v) is 2.63. The van der Waals surface area contributed by atoms with Crippen LogP contribution in [0.2, 0.25) is 0 Å². The zero-order valence-corrected chi connectivity index (χ0v) is 11.3. The topological polar surface area (TPSA) is 51.8 Å². The molecule has 94 valence electrons. The van der Waals surface area contributed by atoms with Crippen molar-refractivity contribution < 1.29 is 0 Å². The predicted molar refractivity (Wildman–Crippen MR) is 79.9 cm³/mol. The van der Waals surface area contributed by atoms with E-state index in [1.54, 1.807) is 11.3 Å². The van der Waals surface area contributed by atoms with Crippen molar-refractivity contribution in [1.29, 1.82) is 0 Å². The van der Waals surface area contributed by atoms with Crippen LogP contribution in [-0.4, -0.2) is 9.97 Å². The number of rotatable bonds is 2. The number of anilines is 1. The molecule has 0 atom stereocenters. The molecule has 3 nitrogen and oxygen atoms in total. The Balaban J connectivity index is 2.10. The summed E-state index contributed by atoms with van der Waals surface area (Å²) in [7, 11) is 0. The molecule has 3 aromatic rings. The highest BCUT2D eigenvalue weighted by Crippen LogP contribution is 2.30. The Morgan fingerprint density at radius 2 is 1.89 bits per heavy atom. The Kier molecular flexibility index (Phi) is 3.01. The SMILES string of the molecule is Cc1ccc(-c2nccs2)cc1-c1ccc(N)nc1. The third kappa shape index (κ3) is 2.35. The molecule has 0 amide bonds. The van der Waals surface area contributed by atoms with Gasteiger partial charge in [-0.1, -0.05) is 12.1 Å². The molecule has 0 unspecified atom stereocenters. The second-order valence-electron chi connectivity index (χ2n) is 4.34. The maximum atomic E-state index is 5.63. The van der Waals surface area contributed by atoms with E-state index in [1.807, 2.05) is 29.9 Å². The summed E-state index contributed by atoms with van der Waals surface area (Å²) in [5, 5.41) is 3.02. The minimum absolute atomic E-state index is 0.539. The van der Waals surface area contributed by atoms with Crippen molar-refractivity contribution in [2.24, 2.45) is 0 Å². The van der Waals surface area contributed by atoms with Gasteiger partial charge in [0.05, 0.1) is 0 Å². The van der Waals surface area contributed by atoms with E-state index < -0.39 is 0 Å². The molecule has 0 aliphatic carbocycles. The highest BCUT2D eigenvalue weighted by Gasteiger charge is 2.06. The van der Waals surface area contributed by atoms with Crippen LogP contribution < -0.4 is 5.73 Å². The third-order valence-electron chi connectivity index (χ3n) is 3.01. The summed E-state index contributed by atoms with van der Waals surface area (Å²) < 4.78 is 0. The summed E-state index contributed by atoms with van der Waals surface area (Å²) in [6, 6.07) is 10.2. The fraction of sp³-hybridized carbons (Fsp3) is 0.0667. The minimum Gasteiger partial charge on any atom is -0.384 e. The molecule has 19 heavy (non-hydrogen) atoms. The van der Waals surface area contributed by atoms with Crippen LogP contribution in [0.4, 0.5) is 5.82 Å². The summed E-state index contributed by atoms with van der Waals surface area (Å²) in [6.45, 7) is 2.09. The Morgan fingerprint density at radius 1 is 1.05 bits per heavy atom. The van der Waals surface area contributed by atoms with Gasteiger partial charge in [0.2, 0.25) is 0 Å². The molecule has 0 radical (unpaired) electrons. The maximum Gasteiger partial charge on any atom is 0.123 e. The lowest BCUT2D eigenvalue weighted by atomic mass is 9.99. The molecular weight excluding hydrogens is 254 g/mol. The van der Waals surface area contributed by atoms with Gasteiger partial charge in [-0.2, -0.15) is 0 Å². The maximum absolute atomic E-state index is 5.63. The van der Waals surface area contributed by atoms with Crippen molar-refractivity contribution in [3.05, 3.63) is 53.7 Å². The van der Waals surface area contributed by atoms with Gasteiger partial charge >= 0.3 is 0 Å². The minimum atomic E-state index is 0.539. The van der Waals surface area contributed by atoms with Gasteiger partial charge in [-0.15, -0.1) is 11.3 Å². The lowest BCUT2D eigenvalue weighted by Crippen LogP contribution is -1.90. The first-order valence-corrected chi connectivity index (χ1v) is 6.84. The number of thiazole rings is 1. The van der Waals surface area contributed by atoms with Gasteiger partial charge in [0.1, 0.15) is 10.8 Å². The van der Waals surface area contributed by atoms with E-state index >= 15 is 0 Å². The smallest absolute Gasteiger partial charge is 0.123 e. The summed E-state index contributed by atoms with van der Waals surface area (Å²) in [5.74, 6) is 0.539. The lowest BCUT2D eigenvalue weighted by Gasteiger charge is -2.08. The molecule has 0 spiro atoms. The number of nitrogens with two attached hydrogens (primary N) is 1. The van der Waals surface area contributed by atoms with Crippen molar-refractivity contribution in [2.45, 2.75) is 6.92 Å². The van der Waals surface area contributed by atoms with Gasteiger partial charge in [0, 0.05) is 28.9 Å². The van der Waals surface area contributed by atoms with E-state index in [9.17, 15) is 0 Å². The van der Waals surface area contributed by atoms with Crippen LogP contribution in [0.15, 0.2) is 48.1 Å². The molecule has 2 heterocycles. The highest BCUT2D eigenvalue weighted by atomic mass is 32.1. The molecule has 3 rings (SSSR count). The molecule has 0 bridgehead atoms. The van der Waals surface area contributed by atoms with Crippen molar-refractivity contribution in [3.63, 3.8) is 0 Å². The Bertz CT molecular complexity index is 688. The van der Waals surface area contributed by atoms with Gasteiger partial charge in [0.25, 0.3) is 0 Å². The van der Waals surface area contributed by atoms with Gasteiger partial charge in [0.15, 0.2) is 0 Å². The van der Waals surface area contributed by atoms with Crippen LogP contribution in [0, 0.1) is 6.92 Å². The summed E-state index contributed by atoms with van der Waals surface area (Å²) in [6.07, 6.45) is 3.63. The first-order chi connectivity index (χ1) is 9.24. The molecule has 2 aromatic heterocycles. The van der Waals surface area contributed by atoms with Gasteiger partial charge < -0.3 is 5.73 Å². The van der Waals surface area contributed by atoms with Crippen LogP contribution in [-0.2, 0) is 0 Å². The van der Waals surface area contributed by atoms with E-state index in [-0.39, 0.29) is 0 Å². The zero-order chi connectivity index (χ0) is 13.2. The number of benzene rings is 1. The summed E-state index contributed by atoms with van der Waals surface area (Å²) in [4.78, 5) is 8.50. The first kappa shape index (κ1) is 11.9. The number of hydrogen-bond donors (Lipinski definition) is 1. The quantitative estimate of drug-likeness (QED) is 0.769. The van der Waals surface area contributed by atoms with E-state index in [0.29, 0.717) is 5.82 Å². The van der Waals surface area contributed by atoms with E-state index in [0.717, 1.165) is 16.1 Å². The normalized spacial score (nSPS) is 10.6. The average Bonchev–Trinajstić information content (AvgIpc) is 2.94. The van der Waals surface area contributed by atoms with Crippen molar-refractivity contribution in [1.82, 2.24) is 9.97 Å². The van der Waals surface area contributed by atoms with Crippen molar-refractivity contribution in [2.75, 3.05) is 5.73 Å². The van der Waals surface area contributed by atoms with Crippen LogP contribution in [0.3, 0.4) is 0 Å². The Labute approximate surface area is 115 Å². The Hall–Kier alpha value is -2.20. The zero-order valence-electron chi connectivity index (χ0n) is 10.5. The summed E-state index contributed by atoms with van der Waals surface area (Å²) >= 11 is 1.64. The van der Waals surface area contributed by atoms with Gasteiger partial charge in [-0.05, 0) is 36.2 Å². The molecule has 0 saturated carbocycles. The van der Waals surface area contributed by atoms with Crippen LogP contribution >= 0.6 is 11.3 Å². The van der Waals surface area contributed by atoms with Gasteiger partial charge in [-0.3, -0.25) is 0 Å². The van der Waals surface area contributed by atoms with Crippen LogP contribution in [0.25, 0.3) is 21.7 Å². The monoisotopic (exact) mass is 267 g/mol. The number of aryl methyl sites for hydroxylation is 1. The van der Waals surface area contributed by atoms with Crippen LogP contribution in [0.5, 0.6) is 0 Å². The first-order valence-electron chi connectivity index (χ1n) is 5.96. The van der Waals surface area contributed by atoms with Crippen LogP contribution in [0.1, 0.15) is 5.56 Å². The molecular formula is C15H13N3S. The fourth-order valence-electron chi connectivity index (χ4n) is 2.00. The summed E-state index contributed by atoms with van der Waals surface area (Å²) in [5.41, 5.74) is 10.2. The van der Waals surface area contributed by atoms with E-state index in [2.05, 4.69) is 35.1 Å². The lowest BCUT2D eigenvalue weighted by molar-refractivity contribution is 1.32. The molecule has 0 aliphatic rings. The van der Waals surface area contributed by atoms with Crippen molar-refractivity contribution >= 4 is 17.2 Å². The number of aromatic nitrogens is 2. The molecule has 0 aliphatic heterocycles. The second kappa shape index (κ2) is 4.82.